The van der Waals surface area contributed by atoms with Gasteiger partial charge in [-0.2, -0.15) is 0 Å². The molecule has 3 amide bonds. The highest BCUT2D eigenvalue weighted by molar-refractivity contribution is 6.01. The number of carbonyl (C=O) groups excluding carboxylic acids is 3. The number of amides is 3. The first-order valence-electron chi connectivity index (χ1n) is 15.8. The van der Waals surface area contributed by atoms with Crippen LogP contribution in [0.3, 0.4) is 0 Å². The fourth-order valence-corrected chi connectivity index (χ4v) is 5.55. The van der Waals surface area contributed by atoms with Gasteiger partial charge in [-0.05, 0) is 106 Å². The lowest BCUT2D eigenvalue weighted by atomic mass is 9.90. The molecule has 3 aromatic carbocycles. The molecule has 0 aliphatic heterocycles. The predicted molar refractivity (Wildman–Crippen MR) is 180 cm³/mol. The monoisotopic (exact) mass is 601 g/mol. The molecule has 0 saturated carbocycles. The van der Waals surface area contributed by atoms with Crippen molar-refractivity contribution < 1.29 is 19.1 Å². The van der Waals surface area contributed by atoms with Crippen LogP contribution in [-0.4, -0.2) is 40.5 Å². The Morgan fingerprint density at radius 2 is 1.43 bits per heavy atom. The van der Waals surface area contributed by atoms with E-state index in [9.17, 15) is 14.4 Å². The molecule has 0 saturated heterocycles. The Morgan fingerprint density at radius 1 is 0.818 bits per heavy atom. The van der Waals surface area contributed by atoms with E-state index in [0.717, 1.165) is 33.9 Å². The maximum Gasteiger partial charge on any atom is 0.408 e. The number of hydrogen-bond donors (Lipinski definition) is 2. The lowest BCUT2D eigenvalue weighted by molar-refractivity contribution is -0.144. The molecule has 0 radical (unpaired) electrons. The third-order valence-electron chi connectivity index (χ3n) is 7.86. The highest BCUT2D eigenvalue weighted by Gasteiger charge is 2.41. The number of carbonyl (C=O) groups is 3. The minimum absolute atomic E-state index is 0.253. The molecule has 238 valence electrons. The summed E-state index contributed by atoms with van der Waals surface area (Å²) in [5.74, 6) is -0.456. The fraction of sp³-hybridized carbons (Fsp3) is 0.486. The molecule has 0 aliphatic carbocycles. The van der Waals surface area contributed by atoms with Crippen molar-refractivity contribution in [3.05, 3.63) is 77.4 Å². The van der Waals surface area contributed by atoms with Gasteiger partial charge in [0.15, 0.2) is 0 Å². The van der Waals surface area contributed by atoms with Gasteiger partial charge < -0.3 is 20.3 Å². The zero-order chi connectivity index (χ0) is 32.8. The van der Waals surface area contributed by atoms with Gasteiger partial charge >= 0.3 is 6.09 Å². The average molecular weight is 602 g/mol. The Balaban J connectivity index is 2.14. The molecule has 7 heteroatoms. The van der Waals surface area contributed by atoms with Crippen molar-refractivity contribution >= 4 is 34.4 Å². The first kappa shape index (κ1) is 34.6. The van der Waals surface area contributed by atoms with Crippen molar-refractivity contribution in [1.29, 1.82) is 0 Å². The van der Waals surface area contributed by atoms with Crippen LogP contribution in [0.2, 0.25) is 0 Å². The second-order valence-corrected chi connectivity index (χ2v) is 13.7. The molecule has 0 aliphatic rings. The van der Waals surface area contributed by atoms with Gasteiger partial charge in [-0.3, -0.25) is 9.59 Å². The van der Waals surface area contributed by atoms with Gasteiger partial charge in [-0.15, -0.1) is 0 Å². The molecule has 3 unspecified atom stereocenters. The topological polar surface area (TPSA) is 87.7 Å². The number of anilines is 1. The second kappa shape index (κ2) is 14.7. The summed E-state index contributed by atoms with van der Waals surface area (Å²) < 4.78 is 5.53. The lowest BCUT2D eigenvalue weighted by Gasteiger charge is -2.40. The maximum absolute atomic E-state index is 14.7. The van der Waals surface area contributed by atoms with Crippen LogP contribution in [0.25, 0.3) is 10.8 Å². The quantitative estimate of drug-likeness (QED) is 0.231. The van der Waals surface area contributed by atoms with Crippen LogP contribution >= 0.6 is 0 Å². The first-order valence-corrected chi connectivity index (χ1v) is 15.8. The molecule has 3 atom stereocenters. The zero-order valence-electron chi connectivity index (χ0n) is 28.2. The van der Waals surface area contributed by atoms with E-state index < -0.39 is 23.8 Å². The van der Waals surface area contributed by atoms with Crippen LogP contribution in [0.15, 0.2) is 60.7 Å². The van der Waals surface area contributed by atoms with Crippen LogP contribution in [0.5, 0.6) is 0 Å². The van der Waals surface area contributed by atoms with E-state index in [2.05, 4.69) is 24.5 Å². The van der Waals surface area contributed by atoms with E-state index in [0.29, 0.717) is 18.0 Å². The summed E-state index contributed by atoms with van der Waals surface area (Å²) >= 11 is 0. The molecular formula is C37H51N3O4. The molecular weight excluding hydrogens is 550 g/mol. The molecule has 0 aromatic heterocycles. The lowest BCUT2D eigenvalue weighted by Crippen LogP contribution is -2.56. The summed E-state index contributed by atoms with van der Waals surface area (Å²) in [5, 5.41) is 8.05. The molecule has 0 bridgehead atoms. The molecule has 3 rings (SSSR count). The highest BCUT2D eigenvalue weighted by atomic mass is 16.6. The standard InChI is InChI=1S/C37H51N3O4/c1-23(2)18-19-27(7)40(35(42)32(24(3)4)39-36(43)44-37(8,9)10)33(31-25(5)14-13-15-26(31)6)34(41)38-30-21-20-28-16-11-12-17-29(28)22-30/h11-17,20-24,27,32-33H,18-19H2,1-10H3,(H,38,41)(H,39,43). The van der Waals surface area contributed by atoms with Crippen molar-refractivity contribution in [2.75, 3.05) is 5.32 Å². The smallest absolute Gasteiger partial charge is 0.408 e. The van der Waals surface area contributed by atoms with Gasteiger partial charge in [0.05, 0.1) is 0 Å². The Kier molecular flexibility index (Phi) is 11.6. The van der Waals surface area contributed by atoms with E-state index >= 15 is 0 Å². The SMILES string of the molecule is Cc1cccc(C)c1C(C(=O)Nc1ccc2ccccc2c1)N(C(=O)C(NC(=O)OC(C)(C)C)C(C)C)C(C)CCC(C)C. The zero-order valence-corrected chi connectivity index (χ0v) is 28.2. The number of fused-ring (bicyclic) bond motifs is 1. The Hall–Kier alpha value is -3.87. The van der Waals surface area contributed by atoms with Crippen LogP contribution in [0, 0.1) is 25.7 Å². The number of alkyl carbamates (subject to hydrolysis) is 1. The van der Waals surface area contributed by atoms with Gasteiger partial charge in [-0.1, -0.05) is 76.2 Å². The Bertz CT molecular complexity index is 1440. The van der Waals surface area contributed by atoms with Gasteiger partial charge in [0, 0.05) is 11.7 Å². The van der Waals surface area contributed by atoms with Gasteiger partial charge in [-0.25, -0.2) is 4.79 Å². The maximum atomic E-state index is 14.7. The first-order chi connectivity index (χ1) is 20.6. The minimum atomic E-state index is -0.931. The van der Waals surface area contributed by atoms with Crippen LogP contribution in [0.4, 0.5) is 10.5 Å². The summed E-state index contributed by atoms with van der Waals surface area (Å²) in [6.07, 6.45) is 0.914. The number of benzene rings is 3. The third kappa shape index (κ3) is 9.07. The predicted octanol–water partition coefficient (Wildman–Crippen LogP) is 8.34. The molecule has 3 aromatic rings. The van der Waals surface area contributed by atoms with E-state index in [1.165, 1.54) is 0 Å². The fourth-order valence-electron chi connectivity index (χ4n) is 5.55. The van der Waals surface area contributed by atoms with Crippen molar-refractivity contribution in [3.63, 3.8) is 0 Å². The summed E-state index contributed by atoms with van der Waals surface area (Å²) in [5.41, 5.74) is 2.55. The third-order valence-corrected chi connectivity index (χ3v) is 7.86. The van der Waals surface area contributed by atoms with Crippen LogP contribution in [-0.2, 0) is 14.3 Å². The van der Waals surface area contributed by atoms with Gasteiger partial charge in [0.2, 0.25) is 5.91 Å². The summed E-state index contributed by atoms with van der Waals surface area (Å²) in [4.78, 5) is 43.9. The normalized spacial score (nSPS) is 13.8. The molecule has 0 heterocycles. The number of aryl methyl sites for hydroxylation is 2. The number of ether oxygens (including phenoxy) is 1. The molecule has 0 spiro atoms. The van der Waals surface area contributed by atoms with Crippen molar-refractivity contribution in [1.82, 2.24) is 10.2 Å². The number of rotatable bonds is 11. The Morgan fingerprint density at radius 3 is 2.00 bits per heavy atom. The van der Waals surface area contributed by atoms with Gasteiger partial charge in [0.25, 0.3) is 5.91 Å². The molecule has 0 fully saturated rings. The van der Waals surface area contributed by atoms with E-state index in [4.69, 9.17) is 4.74 Å². The van der Waals surface area contributed by atoms with Crippen LogP contribution < -0.4 is 10.6 Å². The van der Waals surface area contributed by atoms with E-state index in [-0.39, 0.29) is 23.8 Å². The summed E-state index contributed by atoms with van der Waals surface area (Å²) in [7, 11) is 0. The largest absolute Gasteiger partial charge is 0.444 e. The molecule has 2 N–H and O–H groups in total. The summed E-state index contributed by atoms with van der Waals surface area (Å²) in [6.45, 7) is 19.4. The van der Waals surface area contributed by atoms with Crippen molar-refractivity contribution in [2.45, 2.75) is 106 Å². The average Bonchev–Trinajstić information content (AvgIpc) is 2.92. The van der Waals surface area contributed by atoms with Crippen molar-refractivity contribution in [3.8, 4) is 0 Å². The number of nitrogens with zero attached hydrogens (tertiary/aromatic N) is 1. The molecule has 7 nitrogen and oxygen atoms in total. The highest BCUT2D eigenvalue weighted by Crippen LogP contribution is 2.33. The Labute approximate surface area is 263 Å². The minimum Gasteiger partial charge on any atom is -0.444 e. The number of hydrogen-bond acceptors (Lipinski definition) is 4. The van der Waals surface area contributed by atoms with Crippen molar-refractivity contribution in [2.24, 2.45) is 11.8 Å². The second-order valence-electron chi connectivity index (χ2n) is 13.7. The van der Waals surface area contributed by atoms with Crippen LogP contribution in [0.1, 0.15) is 91.0 Å². The van der Waals surface area contributed by atoms with E-state index in [1.807, 2.05) is 95.3 Å². The molecule has 44 heavy (non-hydrogen) atoms. The number of nitrogens with one attached hydrogen (secondary N) is 2. The van der Waals surface area contributed by atoms with Gasteiger partial charge in [0.1, 0.15) is 17.7 Å². The van der Waals surface area contributed by atoms with E-state index in [1.54, 1.807) is 25.7 Å². The summed E-state index contributed by atoms with van der Waals surface area (Å²) in [6, 6.07) is 17.6.